The molecule has 1 aromatic rings. The number of hydrogen-bond acceptors (Lipinski definition) is 2. The summed E-state index contributed by atoms with van der Waals surface area (Å²) < 4.78 is 5.74. The van der Waals surface area contributed by atoms with Gasteiger partial charge >= 0.3 is 0 Å². The standard InChI is InChI=1S/C17H29NO/c1-6-19-16-11-10-14(9-7-8-13(2)18)12-15(16)17(3,4)5/h10-13H,6-9,18H2,1-5H3. The van der Waals surface area contributed by atoms with Gasteiger partial charge in [-0.2, -0.15) is 0 Å². The number of ether oxygens (including phenoxy) is 1. The van der Waals surface area contributed by atoms with Crippen molar-refractivity contribution in [2.45, 2.75) is 65.3 Å². The van der Waals surface area contributed by atoms with Crippen LogP contribution in [0.3, 0.4) is 0 Å². The molecule has 2 heteroatoms. The van der Waals surface area contributed by atoms with Gasteiger partial charge < -0.3 is 10.5 Å². The molecule has 108 valence electrons. The molecule has 1 unspecified atom stereocenters. The molecular formula is C17H29NO. The lowest BCUT2D eigenvalue weighted by Crippen LogP contribution is -2.15. The average molecular weight is 263 g/mol. The summed E-state index contributed by atoms with van der Waals surface area (Å²) in [6.07, 6.45) is 3.32. The molecule has 2 N–H and O–H groups in total. The van der Waals surface area contributed by atoms with Gasteiger partial charge in [-0.15, -0.1) is 0 Å². The van der Waals surface area contributed by atoms with Crippen LogP contribution in [0.15, 0.2) is 18.2 Å². The second kappa shape index (κ2) is 6.95. The third-order valence-electron chi connectivity index (χ3n) is 3.28. The number of rotatable bonds is 6. The zero-order valence-electron chi connectivity index (χ0n) is 13.1. The van der Waals surface area contributed by atoms with E-state index in [-0.39, 0.29) is 5.41 Å². The Morgan fingerprint density at radius 2 is 1.95 bits per heavy atom. The maximum absolute atomic E-state index is 5.80. The predicted octanol–water partition coefficient (Wildman–Crippen LogP) is 4.05. The van der Waals surface area contributed by atoms with Crippen LogP contribution in [0.5, 0.6) is 5.75 Å². The van der Waals surface area contributed by atoms with Gasteiger partial charge in [0.05, 0.1) is 6.61 Å². The maximum atomic E-state index is 5.80. The second-order valence-electron chi connectivity index (χ2n) is 6.38. The van der Waals surface area contributed by atoms with Gasteiger partial charge in [-0.1, -0.05) is 32.9 Å². The summed E-state index contributed by atoms with van der Waals surface area (Å²) in [6, 6.07) is 6.89. The Bertz CT molecular complexity index is 391. The molecule has 0 aromatic heterocycles. The van der Waals surface area contributed by atoms with Gasteiger partial charge in [-0.25, -0.2) is 0 Å². The van der Waals surface area contributed by atoms with Crippen molar-refractivity contribution >= 4 is 0 Å². The first-order chi connectivity index (χ1) is 8.84. The molecule has 0 radical (unpaired) electrons. The fraction of sp³-hybridized carbons (Fsp3) is 0.647. The highest BCUT2D eigenvalue weighted by Crippen LogP contribution is 2.32. The molecule has 1 aromatic carbocycles. The molecule has 0 amide bonds. The van der Waals surface area contributed by atoms with E-state index in [1.807, 2.05) is 6.92 Å². The zero-order chi connectivity index (χ0) is 14.5. The Kier molecular flexibility index (Phi) is 5.86. The number of aryl methyl sites for hydroxylation is 1. The summed E-state index contributed by atoms with van der Waals surface area (Å²) in [4.78, 5) is 0. The van der Waals surface area contributed by atoms with Crippen molar-refractivity contribution in [1.82, 2.24) is 0 Å². The molecule has 1 rings (SSSR count). The quantitative estimate of drug-likeness (QED) is 0.840. The Labute approximate surface area is 118 Å². The minimum Gasteiger partial charge on any atom is -0.494 e. The van der Waals surface area contributed by atoms with Crippen molar-refractivity contribution in [1.29, 1.82) is 0 Å². The van der Waals surface area contributed by atoms with Crippen LogP contribution in [0.1, 0.15) is 58.6 Å². The fourth-order valence-corrected chi connectivity index (χ4v) is 2.23. The van der Waals surface area contributed by atoms with Crippen molar-refractivity contribution in [3.05, 3.63) is 29.3 Å². The van der Waals surface area contributed by atoms with Crippen molar-refractivity contribution < 1.29 is 4.74 Å². The van der Waals surface area contributed by atoms with Crippen LogP contribution in [0.25, 0.3) is 0 Å². The van der Waals surface area contributed by atoms with Crippen LogP contribution < -0.4 is 10.5 Å². The van der Waals surface area contributed by atoms with E-state index in [9.17, 15) is 0 Å². The van der Waals surface area contributed by atoms with Gasteiger partial charge in [-0.3, -0.25) is 0 Å². The molecule has 0 aliphatic heterocycles. The molecule has 0 saturated heterocycles. The molecule has 0 aliphatic rings. The third kappa shape index (κ3) is 5.23. The molecule has 0 saturated carbocycles. The third-order valence-corrected chi connectivity index (χ3v) is 3.28. The summed E-state index contributed by atoms with van der Waals surface area (Å²) in [5.74, 6) is 1.02. The molecule has 19 heavy (non-hydrogen) atoms. The minimum absolute atomic E-state index is 0.113. The highest BCUT2D eigenvalue weighted by Gasteiger charge is 2.19. The zero-order valence-corrected chi connectivity index (χ0v) is 13.1. The van der Waals surface area contributed by atoms with Gasteiger partial charge in [0.15, 0.2) is 0 Å². The molecule has 0 fully saturated rings. The van der Waals surface area contributed by atoms with E-state index in [1.54, 1.807) is 0 Å². The normalized spacial score (nSPS) is 13.4. The highest BCUT2D eigenvalue weighted by molar-refractivity contribution is 5.41. The molecular weight excluding hydrogens is 234 g/mol. The Hall–Kier alpha value is -1.02. The summed E-state index contributed by atoms with van der Waals surface area (Å²) >= 11 is 0. The molecule has 0 bridgehead atoms. The van der Waals surface area contributed by atoms with Gasteiger partial charge in [0, 0.05) is 6.04 Å². The van der Waals surface area contributed by atoms with Crippen molar-refractivity contribution in [3.8, 4) is 5.75 Å². The van der Waals surface area contributed by atoms with E-state index in [1.165, 1.54) is 11.1 Å². The van der Waals surface area contributed by atoms with Crippen molar-refractivity contribution in [2.75, 3.05) is 6.61 Å². The second-order valence-corrected chi connectivity index (χ2v) is 6.38. The van der Waals surface area contributed by atoms with E-state index < -0.39 is 0 Å². The first kappa shape index (κ1) is 16.0. The topological polar surface area (TPSA) is 35.2 Å². The Balaban J connectivity index is 2.86. The van der Waals surface area contributed by atoms with E-state index in [2.05, 4.69) is 45.9 Å². The fourth-order valence-electron chi connectivity index (χ4n) is 2.23. The van der Waals surface area contributed by atoms with E-state index in [0.29, 0.717) is 12.6 Å². The SMILES string of the molecule is CCOc1ccc(CCCC(C)N)cc1C(C)(C)C. The summed E-state index contributed by atoms with van der Waals surface area (Å²) in [5, 5.41) is 0. The Morgan fingerprint density at radius 1 is 1.26 bits per heavy atom. The van der Waals surface area contributed by atoms with Crippen LogP contribution in [-0.4, -0.2) is 12.6 Å². The lowest BCUT2D eigenvalue weighted by Gasteiger charge is -2.23. The van der Waals surface area contributed by atoms with E-state index in [0.717, 1.165) is 25.0 Å². The average Bonchev–Trinajstić information content (AvgIpc) is 2.29. The monoisotopic (exact) mass is 263 g/mol. The molecule has 1 atom stereocenters. The van der Waals surface area contributed by atoms with Crippen molar-refractivity contribution in [2.24, 2.45) is 5.73 Å². The molecule has 0 spiro atoms. The summed E-state index contributed by atoms with van der Waals surface area (Å²) in [6.45, 7) is 11.5. The van der Waals surface area contributed by atoms with Gasteiger partial charge in [0.1, 0.15) is 5.75 Å². The van der Waals surface area contributed by atoms with Crippen LogP contribution >= 0.6 is 0 Å². The molecule has 0 aliphatic carbocycles. The van der Waals surface area contributed by atoms with Crippen LogP contribution in [0, 0.1) is 0 Å². The number of hydrogen-bond donors (Lipinski definition) is 1. The predicted molar refractivity (Wildman–Crippen MR) is 82.9 cm³/mol. The van der Waals surface area contributed by atoms with E-state index >= 15 is 0 Å². The smallest absolute Gasteiger partial charge is 0.123 e. The summed E-state index contributed by atoms with van der Waals surface area (Å²) in [5.41, 5.74) is 8.59. The van der Waals surface area contributed by atoms with Gasteiger partial charge in [0.2, 0.25) is 0 Å². The highest BCUT2D eigenvalue weighted by atomic mass is 16.5. The van der Waals surface area contributed by atoms with Crippen molar-refractivity contribution in [3.63, 3.8) is 0 Å². The number of benzene rings is 1. The first-order valence-corrected chi connectivity index (χ1v) is 7.36. The van der Waals surface area contributed by atoms with Crippen LogP contribution in [0.4, 0.5) is 0 Å². The maximum Gasteiger partial charge on any atom is 0.123 e. The lowest BCUT2D eigenvalue weighted by molar-refractivity contribution is 0.329. The van der Waals surface area contributed by atoms with E-state index in [4.69, 9.17) is 10.5 Å². The summed E-state index contributed by atoms with van der Waals surface area (Å²) in [7, 11) is 0. The van der Waals surface area contributed by atoms with Crippen LogP contribution in [0.2, 0.25) is 0 Å². The minimum atomic E-state index is 0.113. The largest absolute Gasteiger partial charge is 0.494 e. The van der Waals surface area contributed by atoms with Crippen LogP contribution in [-0.2, 0) is 11.8 Å². The first-order valence-electron chi connectivity index (χ1n) is 7.36. The number of nitrogens with two attached hydrogens (primary N) is 1. The lowest BCUT2D eigenvalue weighted by atomic mass is 9.85. The molecule has 2 nitrogen and oxygen atoms in total. The molecule has 0 heterocycles. The van der Waals surface area contributed by atoms with Gasteiger partial charge in [-0.05, 0) is 55.7 Å². The Morgan fingerprint density at radius 3 is 2.47 bits per heavy atom. The van der Waals surface area contributed by atoms with Gasteiger partial charge in [0.25, 0.3) is 0 Å².